The van der Waals surface area contributed by atoms with E-state index in [1.807, 2.05) is 6.92 Å². The molecule has 1 aromatic rings. The summed E-state index contributed by atoms with van der Waals surface area (Å²) in [5.41, 5.74) is -0.391. The fraction of sp³-hybridized carbons (Fsp3) is 0.722. The second-order valence-corrected chi connectivity index (χ2v) is 7.35. The zero-order valence-corrected chi connectivity index (χ0v) is 15.3. The molecule has 6 heteroatoms. The van der Waals surface area contributed by atoms with Gasteiger partial charge in [-0.3, -0.25) is 9.59 Å². The third-order valence-electron chi connectivity index (χ3n) is 5.18. The number of carbonyl (C=O) groups is 1. The molecule has 1 aliphatic carbocycles. The van der Waals surface area contributed by atoms with Crippen LogP contribution in [-0.4, -0.2) is 39.6 Å². The summed E-state index contributed by atoms with van der Waals surface area (Å²) in [5.74, 6) is -0.334. The third-order valence-corrected chi connectivity index (χ3v) is 5.18. The van der Waals surface area contributed by atoms with Crippen LogP contribution in [0.5, 0.6) is 5.75 Å². The average Bonchev–Trinajstić information content (AvgIpc) is 2.55. The molecule has 0 radical (unpaired) electrons. The molecule has 24 heavy (non-hydrogen) atoms. The number of aromatic nitrogens is 2. The van der Waals surface area contributed by atoms with Gasteiger partial charge in [-0.25, -0.2) is 0 Å². The fourth-order valence-corrected chi connectivity index (χ4v) is 3.62. The molecule has 0 bridgehead atoms. The van der Waals surface area contributed by atoms with E-state index in [-0.39, 0.29) is 17.0 Å². The molecule has 1 aliphatic rings. The van der Waals surface area contributed by atoms with Gasteiger partial charge in [0, 0.05) is 27.1 Å². The summed E-state index contributed by atoms with van der Waals surface area (Å²) in [6.45, 7) is 4.68. The van der Waals surface area contributed by atoms with E-state index in [4.69, 9.17) is 0 Å². The van der Waals surface area contributed by atoms with Gasteiger partial charge in [-0.05, 0) is 31.6 Å². The third kappa shape index (κ3) is 3.79. The van der Waals surface area contributed by atoms with Crippen molar-refractivity contribution in [2.75, 3.05) is 14.1 Å². The molecule has 0 aliphatic heterocycles. The molecule has 1 saturated carbocycles. The normalized spacial score (nSPS) is 16.8. The van der Waals surface area contributed by atoms with Gasteiger partial charge in [-0.1, -0.05) is 26.2 Å². The number of carbonyl (C=O) groups excluding carboxylic acids is 1. The van der Waals surface area contributed by atoms with E-state index in [9.17, 15) is 14.7 Å². The van der Waals surface area contributed by atoms with Crippen molar-refractivity contribution in [1.29, 1.82) is 0 Å². The van der Waals surface area contributed by atoms with E-state index in [1.165, 1.54) is 37.0 Å². The van der Waals surface area contributed by atoms with Crippen molar-refractivity contribution in [3.8, 4) is 5.75 Å². The maximum atomic E-state index is 12.4. The van der Waals surface area contributed by atoms with Crippen molar-refractivity contribution in [1.82, 2.24) is 14.5 Å². The Hall–Kier alpha value is -1.85. The Morgan fingerprint density at radius 3 is 2.46 bits per heavy atom. The van der Waals surface area contributed by atoms with Crippen LogP contribution in [0.25, 0.3) is 0 Å². The molecule has 1 heterocycles. The second-order valence-electron chi connectivity index (χ2n) is 7.35. The number of aryl methyl sites for hydroxylation is 1. The Kier molecular flexibility index (Phi) is 5.67. The molecule has 2 rings (SSSR count). The summed E-state index contributed by atoms with van der Waals surface area (Å²) in [5, 5.41) is 10.1. The first-order valence-electron chi connectivity index (χ1n) is 8.83. The van der Waals surface area contributed by atoms with Crippen LogP contribution in [-0.2, 0) is 13.0 Å². The summed E-state index contributed by atoms with van der Waals surface area (Å²) in [4.78, 5) is 29.9. The molecular formula is C18H29N3O3. The monoisotopic (exact) mass is 335 g/mol. The maximum Gasteiger partial charge on any atom is 0.315 e. The standard InChI is InChI=1S/C18H29N3O3/c1-5-21-13(9-12-18(2)10-7-6-8-11-18)19-16(23)15(22)14(21)17(24)20(3)4/h22H,5-12H2,1-4H3. The Bertz CT molecular complexity index is 658. The first-order valence-corrected chi connectivity index (χ1v) is 8.83. The lowest BCUT2D eigenvalue weighted by atomic mass is 9.73. The van der Waals surface area contributed by atoms with E-state index >= 15 is 0 Å². The number of rotatable bonds is 5. The van der Waals surface area contributed by atoms with Gasteiger partial charge in [0.2, 0.25) is 5.75 Å². The first-order chi connectivity index (χ1) is 11.3. The highest BCUT2D eigenvalue weighted by atomic mass is 16.3. The van der Waals surface area contributed by atoms with Crippen LogP contribution in [0, 0.1) is 5.41 Å². The van der Waals surface area contributed by atoms with Crippen molar-refractivity contribution in [2.45, 2.75) is 65.3 Å². The van der Waals surface area contributed by atoms with Crippen LogP contribution in [0.3, 0.4) is 0 Å². The van der Waals surface area contributed by atoms with E-state index in [2.05, 4.69) is 11.9 Å². The fourth-order valence-electron chi connectivity index (χ4n) is 3.62. The van der Waals surface area contributed by atoms with Crippen molar-refractivity contribution >= 4 is 5.91 Å². The molecule has 0 atom stereocenters. The molecule has 0 saturated heterocycles. The number of nitrogens with zero attached hydrogens (tertiary/aromatic N) is 3. The van der Waals surface area contributed by atoms with Crippen molar-refractivity contribution in [3.05, 3.63) is 21.9 Å². The Balaban J connectivity index is 2.36. The van der Waals surface area contributed by atoms with Gasteiger partial charge in [0.25, 0.3) is 5.91 Å². The van der Waals surface area contributed by atoms with Crippen LogP contribution in [0.4, 0.5) is 0 Å². The van der Waals surface area contributed by atoms with Crippen molar-refractivity contribution < 1.29 is 9.90 Å². The Morgan fingerprint density at radius 1 is 1.29 bits per heavy atom. The van der Waals surface area contributed by atoms with Crippen LogP contribution in [0.15, 0.2) is 4.79 Å². The van der Waals surface area contributed by atoms with Crippen LogP contribution in [0.2, 0.25) is 0 Å². The molecule has 0 spiro atoms. The van der Waals surface area contributed by atoms with Gasteiger partial charge in [-0.15, -0.1) is 0 Å². The summed E-state index contributed by atoms with van der Waals surface area (Å²) in [6.07, 6.45) is 7.80. The largest absolute Gasteiger partial charge is 0.501 e. The van der Waals surface area contributed by atoms with Gasteiger partial charge >= 0.3 is 5.56 Å². The average molecular weight is 335 g/mol. The number of amides is 1. The predicted molar refractivity (Wildman–Crippen MR) is 93.4 cm³/mol. The van der Waals surface area contributed by atoms with Gasteiger partial charge in [0.05, 0.1) is 0 Å². The zero-order chi connectivity index (χ0) is 17.9. The lowest BCUT2D eigenvalue weighted by Gasteiger charge is -2.33. The molecule has 1 aromatic heterocycles. The zero-order valence-electron chi connectivity index (χ0n) is 15.3. The minimum absolute atomic E-state index is 0.0475. The summed E-state index contributed by atoms with van der Waals surface area (Å²) in [6, 6.07) is 0. The van der Waals surface area contributed by atoms with E-state index < -0.39 is 11.3 Å². The molecule has 1 N–H and O–H groups in total. The summed E-state index contributed by atoms with van der Waals surface area (Å²) >= 11 is 0. The first kappa shape index (κ1) is 18.5. The van der Waals surface area contributed by atoms with E-state index in [1.54, 1.807) is 18.7 Å². The minimum Gasteiger partial charge on any atom is -0.501 e. The minimum atomic E-state index is -0.714. The van der Waals surface area contributed by atoms with Crippen LogP contribution >= 0.6 is 0 Å². The van der Waals surface area contributed by atoms with E-state index in [0.29, 0.717) is 18.8 Å². The molecule has 134 valence electrons. The topological polar surface area (TPSA) is 75.4 Å². The highest BCUT2D eigenvalue weighted by molar-refractivity contribution is 5.94. The highest BCUT2D eigenvalue weighted by Gasteiger charge is 2.28. The SMILES string of the molecule is CCn1c(CCC2(C)CCCCC2)nc(=O)c(O)c1C(=O)N(C)C. The smallest absolute Gasteiger partial charge is 0.315 e. The predicted octanol–water partition coefficient (Wildman–Crippen LogP) is 2.57. The van der Waals surface area contributed by atoms with Gasteiger partial charge < -0.3 is 14.6 Å². The molecular weight excluding hydrogens is 306 g/mol. The number of hydrogen-bond donors (Lipinski definition) is 1. The molecule has 1 amide bonds. The second kappa shape index (κ2) is 7.36. The van der Waals surface area contributed by atoms with Gasteiger partial charge in [0.15, 0.2) is 5.69 Å². The quantitative estimate of drug-likeness (QED) is 0.897. The molecule has 1 fully saturated rings. The molecule has 0 unspecified atom stereocenters. The van der Waals surface area contributed by atoms with Crippen LogP contribution < -0.4 is 5.56 Å². The van der Waals surface area contributed by atoms with Crippen LogP contribution in [0.1, 0.15) is 68.7 Å². The summed E-state index contributed by atoms with van der Waals surface area (Å²) in [7, 11) is 3.21. The maximum absolute atomic E-state index is 12.4. The summed E-state index contributed by atoms with van der Waals surface area (Å²) < 4.78 is 1.69. The van der Waals surface area contributed by atoms with Gasteiger partial charge in [-0.2, -0.15) is 4.98 Å². The molecule has 6 nitrogen and oxygen atoms in total. The van der Waals surface area contributed by atoms with Crippen molar-refractivity contribution in [2.24, 2.45) is 5.41 Å². The molecule has 0 aromatic carbocycles. The number of aromatic hydroxyl groups is 1. The van der Waals surface area contributed by atoms with Gasteiger partial charge in [0.1, 0.15) is 5.82 Å². The Morgan fingerprint density at radius 2 is 1.92 bits per heavy atom. The lowest BCUT2D eigenvalue weighted by molar-refractivity contribution is 0.0811. The van der Waals surface area contributed by atoms with Crippen molar-refractivity contribution in [3.63, 3.8) is 0 Å². The Labute approximate surface area is 143 Å². The lowest BCUT2D eigenvalue weighted by Crippen LogP contribution is -2.31. The highest BCUT2D eigenvalue weighted by Crippen LogP contribution is 2.39. The van der Waals surface area contributed by atoms with E-state index in [0.717, 1.165) is 6.42 Å². The number of hydrogen-bond acceptors (Lipinski definition) is 4.